The fraction of sp³-hybridized carbons (Fsp3) is 0.500. The summed E-state index contributed by atoms with van der Waals surface area (Å²) < 4.78 is 5.61. The van der Waals surface area contributed by atoms with Gasteiger partial charge in [-0.3, -0.25) is 4.90 Å². The van der Waals surface area contributed by atoms with Crippen LogP contribution in [0.25, 0.3) is 0 Å². The van der Waals surface area contributed by atoms with Crippen LogP contribution in [0.3, 0.4) is 0 Å². The van der Waals surface area contributed by atoms with Crippen LogP contribution >= 0.6 is 11.6 Å². The van der Waals surface area contributed by atoms with Gasteiger partial charge in [0.1, 0.15) is 5.75 Å². The molecule has 0 saturated carbocycles. The van der Waals surface area contributed by atoms with E-state index in [1.165, 1.54) is 16.7 Å². The van der Waals surface area contributed by atoms with Crippen LogP contribution in [-0.2, 0) is 13.0 Å². The van der Waals surface area contributed by atoms with E-state index in [4.69, 9.17) is 16.3 Å². The number of likely N-dealkylation sites (N-methyl/N-ethyl adjacent to an activating group) is 1. The monoisotopic (exact) mass is 414 g/mol. The van der Waals surface area contributed by atoms with E-state index in [0.717, 1.165) is 49.9 Å². The molecule has 0 amide bonds. The topological polar surface area (TPSA) is 44.7 Å². The number of halogens is 1. The number of nitrogens with one attached hydrogen (secondary N) is 1. The van der Waals surface area contributed by atoms with Gasteiger partial charge in [0, 0.05) is 36.1 Å². The van der Waals surface area contributed by atoms with Crippen molar-refractivity contribution in [2.75, 3.05) is 26.3 Å². The number of nitrogens with zero attached hydrogens (tertiary/aromatic N) is 1. The number of ether oxygens (including phenoxy) is 1. The van der Waals surface area contributed by atoms with Crippen molar-refractivity contribution in [3.05, 3.63) is 64.2 Å². The summed E-state index contributed by atoms with van der Waals surface area (Å²) in [5.74, 6) is 1.45. The Morgan fingerprint density at radius 2 is 2.03 bits per heavy atom. The van der Waals surface area contributed by atoms with Crippen LogP contribution in [0.5, 0.6) is 5.75 Å². The Morgan fingerprint density at radius 1 is 1.24 bits per heavy atom. The van der Waals surface area contributed by atoms with Crippen molar-refractivity contribution in [3.8, 4) is 5.75 Å². The molecule has 2 aliphatic heterocycles. The van der Waals surface area contributed by atoms with Crippen molar-refractivity contribution < 1.29 is 9.84 Å². The van der Waals surface area contributed by atoms with Gasteiger partial charge in [0.2, 0.25) is 0 Å². The van der Waals surface area contributed by atoms with Crippen LogP contribution in [0.4, 0.5) is 0 Å². The Bertz CT molecular complexity index is 841. The lowest BCUT2D eigenvalue weighted by Crippen LogP contribution is -2.45. The minimum absolute atomic E-state index is 0.173. The SMILES string of the molecule is CCN1[C@H](c2ccc(Cl)cc2)[C@H](CNCc2ccc3c(c2)CCO3)C[C@]1(C)CO. The number of hydrogen-bond donors (Lipinski definition) is 2. The number of rotatable bonds is 7. The summed E-state index contributed by atoms with van der Waals surface area (Å²) in [6.45, 7) is 7.99. The van der Waals surface area contributed by atoms with E-state index in [-0.39, 0.29) is 18.2 Å². The van der Waals surface area contributed by atoms with Gasteiger partial charge in [-0.25, -0.2) is 0 Å². The first-order valence-corrected chi connectivity index (χ1v) is 11.0. The molecule has 0 bridgehead atoms. The van der Waals surface area contributed by atoms with Gasteiger partial charge in [0.15, 0.2) is 0 Å². The number of hydrogen-bond acceptors (Lipinski definition) is 4. The molecule has 5 heteroatoms. The lowest BCUT2D eigenvalue weighted by atomic mass is 9.90. The molecule has 156 valence electrons. The third kappa shape index (κ3) is 4.17. The van der Waals surface area contributed by atoms with Crippen molar-refractivity contribution in [3.63, 3.8) is 0 Å². The third-order valence-corrected chi connectivity index (χ3v) is 6.81. The molecule has 1 fully saturated rings. The third-order valence-electron chi connectivity index (χ3n) is 6.56. The molecule has 3 atom stereocenters. The maximum atomic E-state index is 10.2. The average Bonchev–Trinajstić information content (AvgIpc) is 3.30. The molecular formula is C24H31ClN2O2. The van der Waals surface area contributed by atoms with Crippen molar-refractivity contribution in [1.29, 1.82) is 0 Å². The minimum Gasteiger partial charge on any atom is -0.493 e. The molecule has 29 heavy (non-hydrogen) atoms. The summed E-state index contributed by atoms with van der Waals surface area (Å²) in [6.07, 6.45) is 1.97. The summed E-state index contributed by atoms with van der Waals surface area (Å²) in [4.78, 5) is 2.45. The highest BCUT2D eigenvalue weighted by Gasteiger charge is 2.47. The van der Waals surface area contributed by atoms with Crippen LogP contribution in [-0.4, -0.2) is 41.8 Å². The highest BCUT2D eigenvalue weighted by Crippen LogP contribution is 2.46. The Balaban J connectivity index is 1.48. The van der Waals surface area contributed by atoms with Gasteiger partial charge in [-0.2, -0.15) is 0 Å². The Kier molecular flexibility index (Phi) is 6.16. The van der Waals surface area contributed by atoms with E-state index in [1.54, 1.807) is 0 Å². The lowest BCUT2D eigenvalue weighted by molar-refractivity contribution is 0.0579. The molecule has 0 radical (unpaired) electrons. The summed E-state index contributed by atoms with van der Waals surface area (Å²) >= 11 is 6.13. The average molecular weight is 415 g/mol. The molecule has 4 nitrogen and oxygen atoms in total. The molecule has 4 rings (SSSR count). The van der Waals surface area contributed by atoms with Crippen LogP contribution in [0.1, 0.15) is 43.0 Å². The number of likely N-dealkylation sites (tertiary alicyclic amines) is 1. The van der Waals surface area contributed by atoms with Crippen molar-refractivity contribution in [1.82, 2.24) is 10.2 Å². The molecule has 0 aliphatic carbocycles. The standard InChI is InChI=1S/C24H31ClN2O2/c1-3-27-23(18-5-7-21(25)8-6-18)20(13-24(27,2)16-28)15-26-14-17-4-9-22-19(12-17)10-11-29-22/h4-9,12,20,23,26,28H,3,10-11,13-16H2,1-2H3/t20-,23+,24+/m0/s1. The minimum atomic E-state index is -0.198. The molecule has 2 aliphatic rings. The number of fused-ring (bicyclic) bond motifs is 1. The molecule has 1 saturated heterocycles. The Hall–Kier alpha value is -1.59. The zero-order chi connectivity index (χ0) is 20.4. The van der Waals surface area contributed by atoms with E-state index >= 15 is 0 Å². The van der Waals surface area contributed by atoms with Gasteiger partial charge >= 0.3 is 0 Å². The quantitative estimate of drug-likeness (QED) is 0.712. The molecular weight excluding hydrogens is 384 g/mol. The van der Waals surface area contributed by atoms with Gasteiger partial charge in [-0.1, -0.05) is 42.8 Å². The van der Waals surface area contributed by atoms with Crippen molar-refractivity contribution >= 4 is 11.6 Å². The summed E-state index contributed by atoms with van der Waals surface area (Å²) in [6, 6.07) is 15.0. The highest BCUT2D eigenvalue weighted by molar-refractivity contribution is 6.30. The van der Waals surface area contributed by atoms with Gasteiger partial charge in [0.25, 0.3) is 0 Å². The molecule has 0 unspecified atom stereocenters. The number of benzene rings is 2. The summed E-state index contributed by atoms with van der Waals surface area (Å²) in [5.41, 5.74) is 3.69. The second kappa shape index (κ2) is 8.65. The van der Waals surface area contributed by atoms with Crippen LogP contribution in [0, 0.1) is 5.92 Å². The highest BCUT2D eigenvalue weighted by atomic mass is 35.5. The lowest BCUT2D eigenvalue weighted by Gasteiger charge is -2.37. The molecule has 2 aromatic rings. The Labute approximate surface area is 178 Å². The van der Waals surface area contributed by atoms with Crippen LogP contribution in [0.15, 0.2) is 42.5 Å². The molecule has 2 N–H and O–H groups in total. The first kappa shape index (κ1) is 20.7. The van der Waals surface area contributed by atoms with Crippen molar-refractivity contribution in [2.24, 2.45) is 5.92 Å². The zero-order valence-electron chi connectivity index (χ0n) is 17.3. The smallest absolute Gasteiger partial charge is 0.122 e. The van der Waals surface area contributed by atoms with Gasteiger partial charge in [-0.15, -0.1) is 0 Å². The first-order valence-electron chi connectivity index (χ1n) is 10.6. The normalized spacial score (nSPS) is 26.5. The van der Waals surface area contributed by atoms with E-state index in [0.29, 0.717) is 5.92 Å². The van der Waals surface area contributed by atoms with Crippen molar-refractivity contribution in [2.45, 2.75) is 44.8 Å². The van der Waals surface area contributed by atoms with Gasteiger partial charge in [-0.05, 0) is 60.7 Å². The predicted molar refractivity (Wildman–Crippen MR) is 118 cm³/mol. The fourth-order valence-corrected chi connectivity index (χ4v) is 5.29. The predicted octanol–water partition coefficient (Wildman–Crippen LogP) is 4.20. The maximum Gasteiger partial charge on any atom is 0.122 e. The number of aliphatic hydroxyl groups excluding tert-OH is 1. The van der Waals surface area contributed by atoms with Crippen LogP contribution in [0.2, 0.25) is 5.02 Å². The maximum absolute atomic E-state index is 10.2. The van der Waals surface area contributed by atoms with E-state index in [2.05, 4.69) is 54.4 Å². The fourth-order valence-electron chi connectivity index (χ4n) is 5.17. The largest absolute Gasteiger partial charge is 0.493 e. The zero-order valence-corrected chi connectivity index (χ0v) is 18.1. The Morgan fingerprint density at radius 3 is 2.76 bits per heavy atom. The van der Waals surface area contributed by atoms with Gasteiger partial charge in [0.05, 0.1) is 13.2 Å². The first-order chi connectivity index (χ1) is 14.0. The molecule has 2 heterocycles. The van der Waals surface area contributed by atoms with E-state index < -0.39 is 0 Å². The second-order valence-corrected chi connectivity index (χ2v) is 9.01. The second-order valence-electron chi connectivity index (χ2n) is 8.57. The molecule has 2 aromatic carbocycles. The molecule has 0 spiro atoms. The molecule has 0 aromatic heterocycles. The summed E-state index contributed by atoms with van der Waals surface area (Å²) in [7, 11) is 0. The van der Waals surface area contributed by atoms with Gasteiger partial charge < -0.3 is 15.2 Å². The summed E-state index contributed by atoms with van der Waals surface area (Å²) in [5, 5.41) is 14.6. The van der Waals surface area contributed by atoms with E-state index in [9.17, 15) is 5.11 Å². The van der Waals surface area contributed by atoms with Crippen LogP contribution < -0.4 is 10.1 Å². The van der Waals surface area contributed by atoms with E-state index in [1.807, 2.05) is 12.1 Å². The number of aliphatic hydroxyl groups is 1.